The Hall–Kier alpha value is -2.19. The highest BCUT2D eigenvalue weighted by molar-refractivity contribution is 7.12. The number of carbonyl (C=O) groups is 1. The van der Waals surface area contributed by atoms with E-state index in [0.717, 1.165) is 55.7 Å². The van der Waals surface area contributed by atoms with E-state index in [1.54, 1.807) is 0 Å². The Labute approximate surface area is 210 Å². The maximum absolute atomic E-state index is 13.4. The summed E-state index contributed by atoms with van der Waals surface area (Å²) in [5.74, 6) is 0.741. The number of aliphatic hydroxyl groups is 1. The van der Waals surface area contributed by atoms with Gasteiger partial charge in [-0.2, -0.15) is 0 Å². The van der Waals surface area contributed by atoms with Crippen LogP contribution in [0.3, 0.4) is 0 Å². The van der Waals surface area contributed by atoms with Crippen LogP contribution in [0.15, 0.2) is 65.4 Å². The van der Waals surface area contributed by atoms with Crippen LogP contribution in [-0.4, -0.2) is 54.4 Å². The largest absolute Gasteiger partial charge is 0.493 e. The lowest BCUT2D eigenvalue weighted by Crippen LogP contribution is -2.65. The van der Waals surface area contributed by atoms with E-state index in [0.29, 0.717) is 22.3 Å². The number of quaternary nitrogens is 1. The van der Waals surface area contributed by atoms with Crippen LogP contribution in [0.1, 0.15) is 29.0 Å². The maximum atomic E-state index is 13.4. The molecule has 0 amide bonds. The second-order valence-corrected chi connectivity index (χ2v) is 11.1. The Morgan fingerprint density at radius 3 is 2.24 bits per heavy atom. The first kappa shape index (κ1) is 24.9. The standard InChI is InChI=1S/C26H30NO4S2.CH3/c28-25(26(29,23-9-4-17-32-23)24-10-5-18-33-24)31-22-19-27(14-11-20(22)12-15-27)13-6-16-30-21-7-2-1-3-8-21;/h1-5,7-10,17-18,20,22,29H,6,11-16,19H2;1H3/q+1;-1/t20?,22-,27?;/m1./s1. The molecule has 0 radical (unpaired) electrons. The summed E-state index contributed by atoms with van der Waals surface area (Å²) in [5, 5.41) is 15.3. The predicted molar refractivity (Wildman–Crippen MR) is 137 cm³/mol. The molecule has 2 bridgehead atoms. The first-order valence-electron chi connectivity index (χ1n) is 11.6. The van der Waals surface area contributed by atoms with E-state index in [4.69, 9.17) is 9.47 Å². The summed E-state index contributed by atoms with van der Waals surface area (Å²) in [5.41, 5.74) is -1.73. The van der Waals surface area contributed by atoms with Crippen molar-refractivity contribution in [3.8, 4) is 5.75 Å². The summed E-state index contributed by atoms with van der Waals surface area (Å²) in [7, 11) is 0. The number of esters is 1. The molecule has 3 aliphatic heterocycles. The summed E-state index contributed by atoms with van der Waals surface area (Å²) < 4.78 is 13.0. The highest BCUT2D eigenvalue weighted by Gasteiger charge is 2.51. The minimum absolute atomic E-state index is 0. The molecule has 0 aliphatic carbocycles. The third-order valence-electron chi connectivity index (χ3n) is 7.14. The summed E-state index contributed by atoms with van der Waals surface area (Å²) in [6, 6.07) is 17.3. The molecule has 0 spiro atoms. The van der Waals surface area contributed by atoms with E-state index in [9.17, 15) is 9.90 Å². The topological polar surface area (TPSA) is 55.8 Å². The van der Waals surface area contributed by atoms with Crippen molar-refractivity contribution >= 4 is 28.6 Å². The molecule has 7 heteroatoms. The molecule has 1 aromatic carbocycles. The van der Waals surface area contributed by atoms with E-state index in [1.165, 1.54) is 22.7 Å². The maximum Gasteiger partial charge on any atom is 0.349 e. The molecular weight excluding hydrogens is 466 g/mol. The van der Waals surface area contributed by atoms with Gasteiger partial charge in [0.15, 0.2) is 6.10 Å². The van der Waals surface area contributed by atoms with Crippen molar-refractivity contribution in [2.75, 3.05) is 32.8 Å². The van der Waals surface area contributed by atoms with Crippen molar-refractivity contribution < 1.29 is 23.9 Å². The van der Waals surface area contributed by atoms with Gasteiger partial charge in [0.2, 0.25) is 5.60 Å². The Morgan fingerprint density at radius 2 is 1.65 bits per heavy atom. The number of hydrogen-bond acceptors (Lipinski definition) is 6. The van der Waals surface area contributed by atoms with Gasteiger partial charge in [-0.15, -0.1) is 22.7 Å². The lowest BCUT2D eigenvalue weighted by atomic mass is 9.83. The normalized spacial score (nSPS) is 23.8. The van der Waals surface area contributed by atoms with E-state index in [1.807, 2.05) is 65.4 Å². The van der Waals surface area contributed by atoms with Crippen molar-refractivity contribution in [1.82, 2.24) is 0 Å². The molecule has 5 heterocycles. The zero-order chi connectivity index (χ0) is 22.7. The third-order valence-corrected chi connectivity index (χ3v) is 9.10. The van der Waals surface area contributed by atoms with Gasteiger partial charge in [-0.3, -0.25) is 0 Å². The smallest absolute Gasteiger partial charge is 0.349 e. The summed E-state index contributed by atoms with van der Waals surface area (Å²) in [4.78, 5) is 14.7. The van der Waals surface area contributed by atoms with Crippen molar-refractivity contribution in [3.05, 3.63) is 82.5 Å². The molecule has 5 nitrogen and oxygen atoms in total. The number of benzene rings is 1. The summed E-state index contributed by atoms with van der Waals surface area (Å²) >= 11 is 2.77. The van der Waals surface area contributed by atoms with Gasteiger partial charge in [0.1, 0.15) is 12.3 Å². The average molecular weight is 500 g/mol. The SMILES string of the molecule is O=C(O[C@@H]1C[N+]2(CCCOc3ccccc3)CCC1CC2)C(O)(c1cccs1)c1cccs1.[CH3-]. The molecule has 3 fully saturated rings. The summed E-state index contributed by atoms with van der Waals surface area (Å²) in [6.07, 6.45) is 2.94. The van der Waals surface area contributed by atoms with E-state index < -0.39 is 11.6 Å². The number of fused-ring (bicyclic) bond motifs is 3. The van der Waals surface area contributed by atoms with Gasteiger partial charge in [0, 0.05) is 25.2 Å². The second-order valence-electron chi connectivity index (χ2n) is 9.16. The number of rotatable bonds is 9. The summed E-state index contributed by atoms with van der Waals surface area (Å²) in [6.45, 7) is 4.79. The van der Waals surface area contributed by atoms with Crippen LogP contribution in [0.4, 0.5) is 0 Å². The molecule has 3 aromatic rings. The van der Waals surface area contributed by atoms with Crippen molar-refractivity contribution in [3.63, 3.8) is 0 Å². The van der Waals surface area contributed by atoms with Crippen molar-refractivity contribution in [1.29, 1.82) is 0 Å². The molecule has 3 saturated heterocycles. The van der Waals surface area contributed by atoms with Gasteiger partial charge in [-0.25, -0.2) is 4.79 Å². The molecule has 1 atom stereocenters. The second kappa shape index (κ2) is 10.6. The fraction of sp³-hybridized carbons (Fsp3) is 0.407. The van der Waals surface area contributed by atoms with Gasteiger partial charge in [-0.05, 0) is 35.0 Å². The van der Waals surface area contributed by atoms with Gasteiger partial charge < -0.3 is 26.5 Å². The fourth-order valence-corrected chi connectivity index (χ4v) is 7.00. The molecule has 0 unspecified atom stereocenters. The van der Waals surface area contributed by atoms with Crippen LogP contribution in [0.5, 0.6) is 5.75 Å². The number of thiophene rings is 2. The highest BCUT2D eigenvalue weighted by Crippen LogP contribution is 2.40. The Balaban J connectivity index is 0.00000274. The molecule has 182 valence electrons. The van der Waals surface area contributed by atoms with Crippen LogP contribution in [0.25, 0.3) is 0 Å². The van der Waals surface area contributed by atoms with Crippen LogP contribution in [0, 0.1) is 13.3 Å². The Kier molecular flexibility index (Phi) is 7.77. The van der Waals surface area contributed by atoms with E-state index in [2.05, 4.69) is 0 Å². The van der Waals surface area contributed by atoms with E-state index in [-0.39, 0.29) is 13.5 Å². The van der Waals surface area contributed by atoms with Crippen LogP contribution in [-0.2, 0) is 15.1 Å². The van der Waals surface area contributed by atoms with Gasteiger partial charge >= 0.3 is 5.97 Å². The molecule has 34 heavy (non-hydrogen) atoms. The third kappa shape index (κ3) is 4.93. The predicted octanol–water partition coefficient (Wildman–Crippen LogP) is 5.12. The van der Waals surface area contributed by atoms with Crippen LogP contribution < -0.4 is 4.74 Å². The van der Waals surface area contributed by atoms with Crippen molar-refractivity contribution in [2.24, 2.45) is 5.92 Å². The molecule has 0 saturated carbocycles. The number of ether oxygens (including phenoxy) is 2. The Bertz CT molecular complexity index is 994. The van der Waals surface area contributed by atoms with Gasteiger partial charge in [-0.1, -0.05) is 30.3 Å². The number of piperidine rings is 3. The minimum atomic E-state index is -1.73. The molecule has 2 aromatic heterocycles. The zero-order valence-corrected chi connectivity index (χ0v) is 21.2. The first-order valence-corrected chi connectivity index (χ1v) is 13.4. The monoisotopic (exact) mass is 499 g/mol. The van der Waals surface area contributed by atoms with Crippen molar-refractivity contribution in [2.45, 2.75) is 31.0 Å². The first-order chi connectivity index (χ1) is 16.1. The number of para-hydroxylation sites is 1. The lowest BCUT2D eigenvalue weighted by molar-refractivity contribution is -0.946. The molecule has 3 aliphatic rings. The molecule has 1 N–H and O–H groups in total. The van der Waals surface area contributed by atoms with E-state index >= 15 is 0 Å². The fourth-order valence-electron chi connectivity index (χ4n) is 5.29. The van der Waals surface area contributed by atoms with Gasteiger partial charge in [0.25, 0.3) is 0 Å². The number of hydrogen-bond donors (Lipinski definition) is 1. The average Bonchev–Trinajstić information content (AvgIpc) is 3.58. The lowest BCUT2D eigenvalue weighted by Gasteiger charge is -2.52. The number of carbonyl (C=O) groups excluding carboxylic acids is 1. The molecular formula is C27H33NO4S2. The highest BCUT2D eigenvalue weighted by atomic mass is 32.1. The zero-order valence-electron chi connectivity index (χ0n) is 19.6. The van der Waals surface area contributed by atoms with Crippen LogP contribution >= 0.6 is 22.7 Å². The van der Waals surface area contributed by atoms with Crippen LogP contribution in [0.2, 0.25) is 0 Å². The number of nitrogens with zero attached hydrogens (tertiary/aromatic N) is 1. The quantitative estimate of drug-likeness (QED) is 0.192. The van der Waals surface area contributed by atoms with Gasteiger partial charge in [0.05, 0.1) is 36.0 Å². The molecule has 6 rings (SSSR count). The minimum Gasteiger partial charge on any atom is -0.493 e. The Morgan fingerprint density at radius 1 is 1.00 bits per heavy atom.